The standard InChI is InChI=1S/C68H131NO4/c1-3-5-7-9-11-13-15-17-19-21-23-25-26-27-28-29-30-31-32-33-34-35-36-37-38-39-40-41-42-43-45-47-49-51-53-55-57-59-61-63-67(72)69-65(64-70)68(73)66(71)62-60-58-56-54-52-50-48-46-44-24-22-20-18-16-14-12-10-8-6-4-2/h33-34,46,48,54,56,65-66,68,70-71,73H,3-32,35-45,47,49-53,55,57-64H2,1-2H3,(H,69,72)/b34-33-,48-46+,56-54+. The highest BCUT2D eigenvalue weighted by molar-refractivity contribution is 5.76. The van der Waals surface area contributed by atoms with Gasteiger partial charge in [-0.2, -0.15) is 0 Å². The van der Waals surface area contributed by atoms with Gasteiger partial charge in [0.1, 0.15) is 6.10 Å². The second-order valence-electron chi connectivity index (χ2n) is 23.0. The Balaban J connectivity index is 3.48. The highest BCUT2D eigenvalue weighted by Gasteiger charge is 2.26. The van der Waals surface area contributed by atoms with Gasteiger partial charge in [0.15, 0.2) is 0 Å². The van der Waals surface area contributed by atoms with Gasteiger partial charge in [0.05, 0.1) is 18.8 Å². The summed E-state index contributed by atoms with van der Waals surface area (Å²) in [6, 6.07) is -0.833. The van der Waals surface area contributed by atoms with Crippen molar-refractivity contribution >= 4 is 5.91 Å². The number of carbonyl (C=O) groups excluding carboxylic acids is 1. The van der Waals surface area contributed by atoms with Gasteiger partial charge in [0, 0.05) is 6.42 Å². The number of aliphatic hydroxyl groups is 3. The third-order valence-electron chi connectivity index (χ3n) is 15.7. The highest BCUT2D eigenvalue weighted by atomic mass is 16.3. The minimum Gasteiger partial charge on any atom is -0.394 e. The number of rotatable bonds is 62. The largest absolute Gasteiger partial charge is 0.394 e. The van der Waals surface area contributed by atoms with E-state index in [0.29, 0.717) is 12.8 Å². The maximum Gasteiger partial charge on any atom is 0.220 e. The number of nitrogens with one attached hydrogen (secondary N) is 1. The van der Waals surface area contributed by atoms with E-state index in [4.69, 9.17) is 0 Å². The summed E-state index contributed by atoms with van der Waals surface area (Å²) in [5.41, 5.74) is 0. The molecular formula is C68H131NO4. The van der Waals surface area contributed by atoms with Gasteiger partial charge in [-0.25, -0.2) is 0 Å². The normalized spacial score (nSPS) is 13.3. The van der Waals surface area contributed by atoms with E-state index in [0.717, 1.165) is 44.9 Å². The molecule has 432 valence electrons. The molecule has 0 rings (SSSR count). The molecule has 0 radical (unpaired) electrons. The minimum atomic E-state index is -1.17. The predicted octanol–water partition coefficient (Wildman–Crippen LogP) is 21.3. The van der Waals surface area contributed by atoms with Crippen molar-refractivity contribution in [1.82, 2.24) is 5.32 Å². The topological polar surface area (TPSA) is 89.8 Å². The molecule has 0 aliphatic rings. The number of allylic oxidation sites excluding steroid dienone is 6. The molecule has 0 aromatic rings. The Labute approximate surface area is 457 Å². The molecule has 3 atom stereocenters. The zero-order valence-corrected chi connectivity index (χ0v) is 49.5. The van der Waals surface area contributed by atoms with Crippen LogP contribution in [0, 0.1) is 0 Å². The van der Waals surface area contributed by atoms with E-state index in [-0.39, 0.29) is 12.5 Å². The molecule has 5 nitrogen and oxygen atoms in total. The lowest BCUT2D eigenvalue weighted by Gasteiger charge is -2.26. The smallest absolute Gasteiger partial charge is 0.220 e. The molecule has 0 saturated heterocycles. The highest BCUT2D eigenvalue weighted by Crippen LogP contribution is 2.18. The summed E-state index contributed by atoms with van der Waals surface area (Å²) >= 11 is 0. The van der Waals surface area contributed by atoms with Gasteiger partial charge in [-0.1, -0.05) is 320 Å². The minimum absolute atomic E-state index is 0.153. The maximum absolute atomic E-state index is 12.5. The molecule has 5 heteroatoms. The summed E-state index contributed by atoms with van der Waals surface area (Å²) in [5, 5.41) is 33.8. The van der Waals surface area contributed by atoms with Crippen LogP contribution in [-0.4, -0.2) is 46.1 Å². The van der Waals surface area contributed by atoms with E-state index >= 15 is 0 Å². The average molecular weight is 1030 g/mol. The Morgan fingerprint density at radius 1 is 0.329 bits per heavy atom. The van der Waals surface area contributed by atoms with E-state index in [1.807, 2.05) is 0 Å². The molecule has 0 aromatic carbocycles. The van der Waals surface area contributed by atoms with Crippen molar-refractivity contribution in [3.05, 3.63) is 36.5 Å². The quantitative estimate of drug-likeness (QED) is 0.0361. The number of carbonyl (C=O) groups is 1. The van der Waals surface area contributed by atoms with Crippen LogP contribution in [0.2, 0.25) is 0 Å². The van der Waals surface area contributed by atoms with Gasteiger partial charge in [-0.05, 0) is 77.0 Å². The lowest BCUT2D eigenvalue weighted by atomic mass is 10.0. The van der Waals surface area contributed by atoms with E-state index in [1.54, 1.807) is 0 Å². The monoisotopic (exact) mass is 1030 g/mol. The third-order valence-corrected chi connectivity index (χ3v) is 15.7. The Kier molecular flexibility index (Phi) is 61.9. The van der Waals surface area contributed by atoms with Crippen LogP contribution < -0.4 is 5.32 Å². The molecule has 0 aliphatic carbocycles. The lowest BCUT2D eigenvalue weighted by molar-refractivity contribution is -0.124. The van der Waals surface area contributed by atoms with Crippen LogP contribution >= 0.6 is 0 Å². The summed E-state index contributed by atoms with van der Waals surface area (Å²) in [7, 11) is 0. The van der Waals surface area contributed by atoms with Crippen molar-refractivity contribution in [3.8, 4) is 0 Å². The number of amides is 1. The van der Waals surface area contributed by atoms with Crippen molar-refractivity contribution in [2.45, 2.75) is 385 Å². The van der Waals surface area contributed by atoms with Crippen molar-refractivity contribution in [2.24, 2.45) is 0 Å². The molecule has 1 amide bonds. The van der Waals surface area contributed by atoms with E-state index in [9.17, 15) is 20.1 Å². The number of unbranched alkanes of at least 4 members (excludes halogenated alkanes) is 48. The molecule has 4 N–H and O–H groups in total. The van der Waals surface area contributed by atoms with Crippen molar-refractivity contribution in [2.75, 3.05) is 6.61 Å². The number of hydrogen-bond donors (Lipinski definition) is 4. The number of aliphatic hydroxyl groups excluding tert-OH is 3. The summed E-state index contributed by atoms with van der Waals surface area (Å²) in [4.78, 5) is 12.5. The van der Waals surface area contributed by atoms with Crippen LogP contribution in [0.5, 0.6) is 0 Å². The molecule has 0 bridgehead atoms. The summed E-state index contributed by atoms with van der Waals surface area (Å²) in [6.45, 7) is 4.21. The lowest BCUT2D eigenvalue weighted by Crippen LogP contribution is -2.50. The zero-order chi connectivity index (χ0) is 52.9. The molecule has 0 spiro atoms. The Hall–Kier alpha value is -1.43. The molecule has 3 unspecified atom stereocenters. The second kappa shape index (κ2) is 63.1. The first kappa shape index (κ1) is 71.6. The molecule has 0 aliphatic heterocycles. The van der Waals surface area contributed by atoms with Crippen LogP contribution in [0.3, 0.4) is 0 Å². The van der Waals surface area contributed by atoms with Crippen molar-refractivity contribution in [1.29, 1.82) is 0 Å². The van der Waals surface area contributed by atoms with Crippen molar-refractivity contribution in [3.63, 3.8) is 0 Å². The molecule has 0 heterocycles. The maximum atomic E-state index is 12.5. The summed E-state index contributed by atoms with van der Waals surface area (Å²) < 4.78 is 0. The fourth-order valence-electron chi connectivity index (χ4n) is 10.6. The van der Waals surface area contributed by atoms with Gasteiger partial charge in [0.2, 0.25) is 5.91 Å². The average Bonchev–Trinajstić information content (AvgIpc) is 3.40. The first-order valence-corrected chi connectivity index (χ1v) is 33.3. The van der Waals surface area contributed by atoms with E-state index in [1.165, 1.54) is 295 Å². The summed E-state index contributed by atoms with van der Waals surface area (Å²) in [5.74, 6) is -0.153. The zero-order valence-electron chi connectivity index (χ0n) is 49.5. The van der Waals surface area contributed by atoms with Crippen molar-refractivity contribution < 1.29 is 20.1 Å². The molecule has 0 fully saturated rings. The fraction of sp³-hybridized carbons (Fsp3) is 0.897. The Bertz CT molecular complexity index is 1130. The Morgan fingerprint density at radius 3 is 0.836 bits per heavy atom. The van der Waals surface area contributed by atoms with Gasteiger partial charge in [0.25, 0.3) is 0 Å². The first-order chi connectivity index (χ1) is 36.1. The van der Waals surface area contributed by atoms with Crippen LogP contribution in [0.25, 0.3) is 0 Å². The molecule has 0 aromatic heterocycles. The van der Waals surface area contributed by atoms with Gasteiger partial charge < -0.3 is 20.6 Å². The van der Waals surface area contributed by atoms with Gasteiger partial charge >= 0.3 is 0 Å². The Morgan fingerprint density at radius 2 is 0.562 bits per heavy atom. The summed E-state index contributed by atoms with van der Waals surface area (Å²) in [6.07, 6.45) is 83.6. The third kappa shape index (κ3) is 58.1. The van der Waals surface area contributed by atoms with Crippen LogP contribution in [0.15, 0.2) is 36.5 Å². The van der Waals surface area contributed by atoms with Crippen LogP contribution in [-0.2, 0) is 4.79 Å². The van der Waals surface area contributed by atoms with Crippen LogP contribution in [0.4, 0.5) is 0 Å². The number of hydrogen-bond acceptors (Lipinski definition) is 4. The van der Waals surface area contributed by atoms with Gasteiger partial charge in [-0.15, -0.1) is 0 Å². The molecule has 0 saturated carbocycles. The molecular weight excluding hydrogens is 895 g/mol. The predicted molar refractivity (Wildman–Crippen MR) is 324 cm³/mol. The van der Waals surface area contributed by atoms with E-state index < -0.39 is 18.2 Å². The fourth-order valence-corrected chi connectivity index (χ4v) is 10.6. The SMILES string of the molecule is CCCCCCCCCCCCC/C=C/CC/C=C/CCCC(O)C(O)C(CO)NC(=O)CCCCCCCCCCCCCCCCCCC/C=C\CCCCCCCCCCCCCCCCCCCC. The van der Waals surface area contributed by atoms with Crippen LogP contribution in [0.1, 0.15) is 367 Å². The molecule has 73 heavy (non-hydrogen) atoms. The first-order valence-electron chi connectivity index (χ1n) is 33.3. The second-order valence-corrected chi connectivity index (χ2v) is 23.0. The van der Waals surface area contributed by atoms with E-state index in [2.05, 4.69) is 55.6 Å². The van der Waals surface area contributed by atoms with Gasteiger partial charge in [-0.3, -0.25) is 4.79 Å².